The van der Waals surface area contributed by atoms with Crippen LogP contribution in [0.5, 0.6) is 0 Å². The molecule has 1 aromatic carbocycles. The summed E-state index contributed by atoms with van der Waals surface area (Å²) in [5.41, 5.74) is 2.28. The Hall–Kier alpha value is -0.850. The van der Waals surface area contributed by atoms with Gasteiger partial charge in [0, 0.05) is 0 Å². The molecule has 0 aliphatic heterocycles. The highest BCUT2D eigenvalue weighted by atomic mass is 19.1. The fourth-order valence-corrected chi connectivity index (χ4v) is 1.40. The van der Waals surface area contributed by atoms with E-state index in [0.29, 0.717) is 0 Å². The molecule has 0 saturated carbocycles. The maximum absolute atomic E-state index is 12.9. The Morgan fingerprint density at radius 3 is 2.17 bits per heavy atom. The van der Waals surface area contributed by atoms with E-state index in [1.807, 2.05) is 13.0 Å². The number of benzene rings is 1. The lowest BCUT2D eigenvalue weighted by Gasteiger charge is -2.21. The normalized spacial score (nSPS) is 11.8. The second-order valence-electron chi connectivity index (χ2n) is 4.21. The highest BCUT2D eigenvalue weighted by Gasteiger charge is 2.16. The smallest absolute Gasteiger partial charge is 0.123 e. The molecule has 0 amide bonds. The third-order valence-electron chi connectivity index (χ3n) is 2.01. The van der Waals surface area contributed by atoms with Crippen molar-refractivity contribution < 1.29 is 4.39 Å². The zero-order valence-electron chi connectivity index (χ0n) is 8.11. The van der Waals surface area contributed by atoms with Gasteiger partial charge in [0.25, 0.3) is 0 Å². The molecule has 12 heavy (non-hydrogen) atoms. The van der Waals surface area contributed by atoms with Crippen molar-refractivity contribution in [2.75, 3.05) is 0 Å². The molecule has 0 spiro atoms. The molecule has 66 valence electrons. The third-order valence-corrected chi connectivity index (χ3v) is 2.01. The summed E-state index contributed by atoms with van der Waals surface area (Å²) >= 11 is 0. The van der Waals surface area contributed by atoms with Gasteiger partial charge in [0.1, 0.15) is 5.82 Å². The van der Waals surface area contributed by atoms with Gasteiger partial charge >= 0.3 is 0 Å². The molecule has 1 heteroatoms. The van der Waals surface area contributed by atoms with E-state index in [1.54, 1.807) is 6.07 Å². The fraction of sp³-hybridized carbons (Fsp3) is 0.455. The molecule has 0 N–H and O–H groups in total. The zero-order chi connectivity index (χ0) is 9.35. The molecule has 0 aliphatic carbocycles. The summed E-state index contributed by atoms with van der Waals surface area (Å²) in [6.07, 6.45) is 0. The molecule has 0 radical (unpaired) electrons. The monoisotopic (exact) mass is 166 g/mol. The van der Waals surface area contributed by atoms with Crippen LogP contribution < -0.4 is 0 Å². The summed E-state index contributed by atoms with van der Waals surface area (Å²) in [4.78, 5) is 0. The summed E-state index contributed by atoms with van der Waals surface area (Å²) in [6.45, 7) is 8.29. The molecule has 0 atom stereocenters. The molecule has 0 nitrogen and oxygen atoms in total. The average Bonchev–Trinajstić information content (AvgIpc) is 1.92. The summed E-state index contributed by atoms with van der Waals surface area (Å²) in [5.74, 6) is -0.148. The van der Waals surface area contributed by atoms with Crippen LogP contribution in [0.4, 0.5) is 4.39 Å². The van der Waals surface area contributed by atoms with Crippen molar-refractivity contribution in [3.05, 3.63) is 35.1 Å². The van der Waals surface area contributed by atoms with Crippen LogP contribution in [0.3, 0.4) is 0 Å². The number of aryl methyl sites for hydroxylation is 1. The van der Waals surface area contributed by atoms with Gasteiger partial charge in [-0.2, -0.15) is 0 Å². The van der Waals surface area contributed by atoms with E-state index >= 15 is 0 Å². The maximum Gasteiger partial charge on any atom is 0.123 e. The van der Waals surface area contributed by atoms with Crippen LogP contribution >= 0.6 is 0 Å². The SMILES string of the molecule is Cc1ccc(F)cc1C(C)(C)C. The number of hydrogen-bond donors (Lipinski definition) is 0. The first-order valence-corrected chi connectivity index (χ1v) is 4.18. The van der Waals surface area contributed by atoms with Gasteiger partial charge in [0.2, 0.25) is 0 Å². The van der Waals surface area contributed by atoms with Crippen LogP contribution in [-0.2, 0) is 5.41 Å². The summed E-state index contributed by atoms with van der Waals surface area (Å²) in [7, 11) is 0. The molecule has 0 saturated heterocycles. The Morgan fingerprint density at radius 1 is 1.17 bits per heavy atom. The van der Waals surface area contributed by atoms with E-state index in [0.717, 1.165) is 11.1 Å². The standard InChI is InChI=1S/C11H15F/c1-8-5-6-9(12)7-10(8)11(2,3)4/h5-7H,1-4H3. The predicted molar refractivity (Wildman–Crippen MR) is 49.8 cm³/mol. The van der Waals surface area contributed by atoms with Gasteiger partial charge in [-0.3, -0.25) is 0 Å². The fourth-order valence-electron chi connectivity index (χ4n) is 1.40. The van der Waals surface area contributed by atoms with Gasteiger partial charge in [-0.15, -0.1) is 0 Å². The van der Waals surface area contributed by atoms with Crippen molar-refractivity contribution >= 4 is 0 Å². The minimum atomic E-state index is -0.148. The van der Waals surface area contributed by atoms with E-state index in [4.69, 9.17) is 0 Å². The molecule has 0 bridgehead atoms. The van der Waals surface area contributed by atoms with Gasteiger partial charge in [-0.05, 0) is 35.6 Å². The second kappa shape index (κ2) is 2.89. The third kappa shape index (κ3) is 1.84. The largest absolute Gasteiger partial charge is 0.207 e. The highest BCUT2D eigenvalue weighted by molar-refractivity contribution is 5.32. The van der Waals surface area contributed by atoms with Crippen LogP contribution in [-0.4, -0.2) is 0 Å². The van der Waals surface area contributed by atoms with Crippen molar-refractivity contribution in [2.24, 2.45) is 0 Å². The van der Waals surface area contributed by atoms with Crippen molar-refractivity contribution in [3.63, 3.8) is 0 Å². The first-order chi connectivity index (χ1) is 5.41. The topological polar surface area (TPSA) is 0 Å². The van der Waals surface area contributed by atoms with Gasteiger partial charge in [0.15, 0.2) is 0 Å². The highest BCUT2D eigenvalue weighted by Crippen LogP contribution is 2.25. The average molecular weight is 166 g/mol. The lowest BCUT2D eigenvalue weighted by atomic mass is 9.84. The molecule has 0 aliphatic rings. The van der Waals surface area contributed by atoms with E-state index in [1.165, 1.54) is 6.07 Å². The van der Waals surface area contributed by atoms with Crippen LogP contribution in [0.2, 0.25) is 0 Å². The van der Waals surface area contributed by atoms with Crippen LogP contribution in [0.1, 0.15) is 31.9 Å². The van der Waals surface area contributed by atoms with E-state index in [9.17, 15) is 4.39 Å². The molecule has 1 aromatic rings. The Balaban J connectivity index is 3.23. The van der Waals surface area contributed by atoms with Crippen LogP contribution in [0, 0.1) is 12.7 Å². The molecular formula is C11H15F. The number of rotatable bonds is 0. The predicted octanol–water partition coefficient (Wildman–Crippen LogP) is 3.43. The van der Waals surface area contributed by atoms with Crippen molar-refractivity contribution in [1.29, 1.82) is 0 Å². The van der Waals surface area contributed by atoms with Gasteiger partial charge in [0.05, 0.1) is 0 Å². The molecule has 1 rings (SSSR count). The first kappa shape index (κ1) is 9.24. The quantitative estimate of drug-likeness (QED) is 0.554. The van der Waals surface area contributed by atoms with E-state index in [-0.39, 0.29) is 11.2 Å². The molecule has 0 aromatic heterocycles. The van der Waals surface area contributed by atoms with E-state index < -0.39 is 0 Å². The van der Waals surface area contributed by atoms with E-state index in [2.05, 4.69) is 20.8 Å². The zero-order valence-corrected chi connectivity index (χ0v) is 8.11. The Labute approximate surface area is 73.4 Å². The molecule has 0 fully saturated rings. The Bertz CT molecular complexity index is 282. The minimum Gasteiger partial charge on any atom is -0.207 e. The lowest BCUT2D eigenvalue weighted by Crippen LogP contribution is -2.13. The summed E-state index contributed by atoms with van der Waals surface area (Å²) in [6, 6.07) is 4.95. The van der Waals surface area contributed by atoms with Gasteiger partial charge in [-0.25, -0.2) is 4.39 Å². The Kier molecular flexibility index (Phi) is 2.22. The van der Waals surface area contributed by atoms with Gasteiger partial charge in [-0.1, -0.05) is 26.8 Å². The summed E-state index contributed by atoms with van der Waals surface area (Å²) < 4.78 is 12.9. The van der Waals surface area contributed by atoms with Crippen molar-refractivity contribution in [1.82, 2.24) is 0 Å². The van der Waals surface area contributed by atoms with Crippen molar-refractivity contribution in [2.45, 2.75) is 33.1 Å². The lowest BCUT2D eigenvalue weighted by molar-refractivity contribution is 0.568. The molecule has 0 heterocycles. The van der Waals surface area contributed by atoms with Gasteiger partial charge < -0.3 is 0 Å². The van der Waals surface area contributed by atoms with Crippen molar-refractivity contribution in [3.8, 4) is 0 Å². The maximum atomic E-state index is 12.9. The Morgan fingerprint density at radius 2 is 1.75 bits per heavy atom. The molecule has 0 unspecified atom stereocenters. The van der Waals surface area contributed by atoms with Crippen LogP contribution in [0.25, 0.3) is 0 Å². The summed E-state index contributed by atoms with van der Waals surface area (Å²) in [5, 5.41) is 0. The number of hydrogen-bond acceptors (Lipinski definition) is 0. The second-order valence-corrected chi connectivity index (χ2v) is 4.21. The first-order valence-electron chi connectivity index (χ1n) is 4.18. The molecular weight excluding hydrogens is 151 g/mol. The minimum absolute atomic E-state index is 0.0339. The number of halogens is 1. The van der Waals surface area contributed by atoms with Crippen LogP contribution in [0.15, 0.2) is 18.2 Å².